The number of carbonyl (C=O) groups excluding carboxylic acids is 1. The van der Waals surface area contributed by atoms with Crippen LogP contribution in [0.4, 0.5) is 0 Å². The summed E-state index contributed by atoms with van der Waals surface area (Å²) in [5.74, 6) is 0.177. The number of nitrogens with one attached hydrogen (secondary N) is 1. The molecule has 1 atom stereocenters. The molecule has 1 aliphatic heterocycles. The lowest BCUT2D eigenvalue weighted by Crippen LogP contribution is -2.57. The van der Waals surface area contributed by atoms with Gasteiger partial charge in [0, 0.05) is 37.8 Å². The summed E-state index contributed by atoms with van der Waals surface area (Å²) in [5, 5.41) is 3.18. The van der Waals surface area contributed by atoms with Gasteiger partial charge in [0.15, 0.2) is 0 Å². The average Bonchev–Trinajstić information content (AvgIpc) is 3.00. The molecule has 4 heteroatoms. The van der Waals surface area contributed by atoms with Crippen molar-refractivity contribution >= 4 is 5.91 Å². The van der Waals surface area contributed by atoms with Gasteiger partial charge < -0.3 is 5.32 Å². The van der Waals surface area contributed by atoms with Gasteiger partial charge in [-0.3, -0.25) is 14.6 Å². The number of amides is 1. The smallest absolute Gasteiger partial charge is 0.237 e. The van der Waals surface area contributed by atoms with Crippen molar-refractivity contribution in [2.24, 2.45) is 0 Å². The van der Waals surface area contributed by atoms with E-state index >= 15 is 0 Å². The van der Waals surface area contributed by atoms with Crippen LogP contribution in [-0.4, -0.2) is 59.5 Å². The van der Waals surface area contributed by atoms with Crippen molar-refractivity contribution in [1.29, 1.82) is 0 Å². The molecular weight excluding hydrogens is 262 g/mol. The van der Waals surface area contributed by atoms with E-state index in [2.05, 4.69) is 35.9 Å². The van der Waals surface area contributed by atoms with Gasteiger partial charge in [0.25, 0.3) is 0 Å². The van der Waals surface area contributed by atoms with E-state index in [4.69, 9.17) is 0 Å². The maximum Gasteiger partial charge on any atom is 0.237 e. The van der Waals surface area contributed by atoms with Crippen LogP contribution in [0.15, 0.2) is 0 Å². The van der Waals surface area contributed by atoms with Crippen LogP contribution in [-0.2, 0) is 4.79 Å². The van der Waals surface area contributed by atoms with E-state index < -0.39 is 0 Å². The minimum atomic E-state index is -0.100. The second-order valence-corrected chi connectivity index (χ2v) is 7.41. The summed E-state index contributed by atoms with van der Waals surface area (Å²) in [5.41, 5.74) is -0.100. The van der Waals surface area contributed by atoms with Crippen molar-refractivity contribution in [3.63, 3.8) is 0 Å². The fourth-order valence-electron chi connectivity index (χ4n) is 3.45. The van der Waals surface area contributed by atoms with Crippen molar-refractivity contribution in [2.45, 2.75) is 77.4 Å². The SMILES string of the molecule is CCC(C)(C)NC(=O)C(C)N1CCN(C2CCCC2)CC1. The van der Waals surface area contributed by atoms with Gasteiger partial charge in [-0.25, -0.2) is 0 Å². The van der Waals surface area contributed by atoms with Crippen LogP contribution >= 0.6 is 0 Å². The van der Waals surface area contributed by atoms with Gasteiger partial charge in [-0.1, -0.05) is 19.8 Å². The summed E-state index contributed by atoms with van der Waals surface area (Å²) in [6.07, 6.45) is 6.51. The minimum absolute atomic E-state index is 0.0125. The van der Waals surface area contributed by atoms with Gasteiger partial charge in [0.05, 0.1) is 6.04 Å². The molecule has 0 aromatic rings. The number of piperazine rings is 1. The molecule has 0 bridgehead atoms. The number of nitrogens with zero attached hydrogens (tertiary/aromatic N) is 2. The molecule has 0 spiro atoms. The molecule has 1 saturated heterocycles. The number of hydrogen-bond acceptors (Lipinski definition) is 3. The number of hydrogen-bond donors (Lipinski definition) is 1. The predicted octanol–water partition coefficient (Wildman–Crippen LogP) is 2.24. The Morgan fingerprint density at radius 2 is 1.76 bits per heavy atom. The second-order valence-electron chi connectivity index (χ2n) is 7.41. The lowest BCUT2D eigenvalue weighted by atomic mass is 10.0. The van der Waals surface area contributed by atoms with Crippen LogP contribution in [0.5, 0.6) is 0 Å². The molecule has 21 heavy (non-hydrogen) atoms. The second kappa shape index (κ2) is 7.10. The van der Waals surface area contributed by atoms with Crippen molar-refractivity contribution in [3.8, 4) is 0 Å². The highest BCUT2D eigenvalue weighted by atomic mass is 16.2. The summed E-state index contributed by atoms with van der Waals surface area (Å²) in [7, 11) is 0. The summed E-state index contributed by atoms with van der Waals surface area (Å²) in [6, 6.07) is 0.803. The van der Waals surface area contributed by atoms with Crippen LogP contribution in [0, 0.1) is 0 Å². The highest BCUT2D eigenvalue weighted by molar-refractivity contribution is 5.82. The Hall–Kier alpha value is -0.610. The topological polar surface area (TPSA) is 35.6 Å². The molecule has 2 aliphatic rings. The zero-order valence-corrected chi connectivity index (χ0v) is 14.3. The maximum absolute atomic E-state index is 12.4. The normalized spacial score (nSPS) is 24.2. The maximum atomic E-state index is 12.4. The summed E-state index contributed by atoms with van der Waals surface area (Å²) < 4.78 is 0. The Morgan fingerprint density at radius 1 is 1.19 bits per heavy atom. The van der Waals surface area contributed by atoms with E-state index in [-0.39, 0.29) is 17.5 Å². The monoisotopic (exact) mass is 295 g/mol. The third-order valence-electron chi connectivity index (χ3n) is 5.46. The van der Waals surface area contributed by atoms with Crippen LogP contribution < -0.4 is 5.32 Å². The molecule has 1 saturated carbocycles. The quantitative estimate of drug-likeness (QED) is 0.845. The number of carbonyl (C=O) groups is 1. The van der Waals surface area contributed by atoms with Gasteiger partial charge >= 0.3 is 0 Å². The zero-order chi connectivity index (χ0) is 15.5. The molecule has 4 nitrogen and oxygen atoms in total. The Kier molecular flexibility index (Phi) is 5.67. The highest BCUT2D eigenvalue weighted by Gasteiger charge is 2.31. The Balaban J connectivity index is 1.79. The van der Waals surface area contributed by atoms with Crippen molar-refractivity contribution in [2.75, 3.05) is 26.2 Å². The zero-order valence-electron chi connectivity index (χ0n) is 14.3. The summed E-state index contributed by atoms with van der Waals surface area (Å²) >= 11 is 0. The van der Waals surface area contributed by atoms with E-state index in [0.717, 1.165) is 38.6 Å². The first-order chi connectivity index (χ1) is 9.93. The van der Waals surface area contributed by atoms with E-state index in [1.165, 1.54) is 25.7 Å². The Morgan fingerprint density at radius 3 is 2.29 bits per heavy atom. The van der Waals surface area contributed by atoms with E-state index in [1.54, 1.807) is 0 Å². The lowest BCUT2D eigenvalue weighted by Gasteiger charge is -2.40. The van der Waals surface area contributed by atoms with Crippen LogP contribution in [0.3, 0.4) is 0 Å². The summed E-state index contributed by atoms with van der Waals surface area (Å²) in [4.78, 5) is 17.4. The van der Waals surface area contributed by atoms with Crippen molar-refractivity contribution in [1.82, 2.24) is 15.1 Å². The Bertz CT molecular complexity index is 342. The molecule has 2 rings (SSSR count). The average molecular weight is 295 g/mol. The minimum Gasteiger partial charge on any atom is -0.350 e. The molecule has 0 aromatic carbocycles. The molecule has 2 fully saturated rings. The van der Waals surface area contributed by atoms with Crippen LogP contribution in [0.2, 0.25) is 0 Å². The first kappa shape index (κ1) is 16.8. The first-order valence-corrected chi connectivity index (χ1v) is 8.73. The Labute approximate surface area is 130 Å². The van der Waals surface area contributed by atoms with Gasteiger partial charge in [-0.05, 0) is 40.0 Å². The molecule has 122 valence electrons. The van der Waals surface area contributed by atoms with Crippen LogP contribution in [0.1, 0.15) is 59.8 Å². The number of rotatable bonds is 5. The molecule has 0 radical (unpaired) electrons. The van der Waals surface area contributed by atoms with Gasteiger partial charge in [0.1, 0.15) is 0 Å². The standard InChI is InChI=1S/C17H33N3O/c1-5-17(3,4)18-16(21)14(2)19-10-12-20(13-11-19)15-8-6-7-9-15/h14-15H,5-13H2,1-4H3,(H,18,21). The first-order valence-electron chi connectivity index (χ1n) is 8.73. The van der Waals surface area contributed by atoms with E-state index in [9.17, 15) is 4.79 Å². The third-order valence-corrected chi connectivity index (χ3v) is 5.46. The van der Waals surface area contributed by atoms with Gasteiger partial charge in [-0.2, -0.15) is 0 Å². The van der Waals surface area contributed by atoms with Crippen molar-refractivity contribution < 1.29 is 4.79 Å². The van der Waals surface area contributed by atoms with Crippen LogP contribution in [0.25, 0.3) is 0 Å². The largest absolute Gasteiger partial charge is 0.350 e. The fourth-order valence-corrected chi connectivity index (χ4v) is 3.45. The van der Waals surface area contributed by atoms with Gasteiger partial charge in [-0.15, -0.1) is 0 Å². The molecule has 0 aromatic heterocycles. The fraction of sp³-hybridized carbons (Fsp3) is 0.941. The van der Waals surface area contributed by atoms with Gasteiger partial charge in [0.2, 0.25) is 5.91 Å². The van der Waals surface area contributed by atoms with Crippen molar-refractivity contribution in [3.05, 3.63) is 0 Å². The molecule has 1 amide bonds. The van der Waals surface area contributed by atoms with E-state index in [1.807, 2.05) is 6.92 Å². The predicted molar refractivity (Wildman–Crippen MR) is 87.4 cm³/mol. The molecule has 1 heterocycles. The molecule has 1 aliphatic carbocycles. The molecule has 1 N–H and O–H groups in total. The lowest BCUT2D eigenvalue weighted by molar-refractivity contribution is -0.128. The molecule has 1 unspecified atom stereocenters. The highest BCUT2D eigenvalue weighted by Crippen LogP contribution is 2.24. The molecular formula is C17H33N3O. The summed E-state index contributed by atoms with van der Waals surface area (Å²) in [6.45, 7) is 12.6. The third kappa shape index (κ3) is 4.43. The van der Waals surface area contributed by atoms with E-state index in [0.29, 0.717) is 0 Å².